The molecule has 0 aromatic carbocycles. The highest BCUT2D eigenvalue weighted by Crippen LogP contribution is 2.45. The van der Waals surface area contributed by atoms with Gasteiger partial charge in [-0.3, -0.25) is 37.3 Å². The molecular weight excluding hydrogens is 1320 g/mol. The fourth-order valence-electron chi connectivity index (χ4n) is 12.6. The van der Waals surface area contributed by atoms with Crippen molar-refractivity contribution in [1.82, 2.24) is 0 Å². The highest BCUT2D eigenvalue weighted by molar-refractivity contribution is 7.47. The topological polar surface area (TPSA) is 237 Å². The van der Waals surface area contributed by atoms with Crippen LogP contribution in [0.3, 0.4) is 0 Å². The second-order valence-corrected chi connectivity index (χ2v) is 34.1. The minimum atomic E-state index is -4.96. The number of phosphoric acid groups is 2. The molecule has 0 aliphatic rings. The number of esters is 4. The monoisotopic (exact) mass is 1480 g/mol. The van der Waals surface area contributed by atoms with E-state index in [2.05, 4.69) is 55.4 Å². The SMILES string of the molecule is CCC(C)CCCCCCCCCCCCCCCCC(=O)OC[C@H](COP(=O)(O)OCC(O)COP(=O)(O)OC[C@@H](COC(=O)CCCCCCCCCC(C)C)OC(=O)CCCCCCCCCCCCCCCC(C)C)OC(=O)CCCCCCCCCCCCCCCCC(C)C. The second kappa shape index (κ2) is 71.0. The Balaban J connectivity index is 5.25. The number of rotatable bonds is 79. The molecule has 3 N–H and O–H groups in total. The molecule has 0 aliphatic carbocycles. The van der Waals surface area contributed by atoms with E-state index in [1.807, 2.05) is 0 Å². The van der Waals surface area contributed by atoms with Gasteiger partial charge in [-0.1, -0.05) is 370 Å². The number of phosphoric ester groups is 2. The molecule has 19 heteroatoms. The van der Waals surface area contributed by atoms with Crippen molar-refractivity contribution in [3.63, 3.8) is 0 Å². The van der Waals surface area contributed by atoms with Crippen LogP contribution in [0.25, 0.3) is 0 Å². The molecule has 600 valence electrons. The molecule has 101 heavy (non-hydrogen) atoms. The Morgan fingerprint density at radius 3 is 0.703 bits per heavy atom. The smallest absolute Gasteiger partial charge is 0.462 e. The van der Waals surface area contributed by atoms with Crippen LogP contribution in [0.5, 0.6) is 0 Å². The van der Waals surface area contributed by atoms with Gasteiger partial charge in [0.1, 0.15) is 19.3 Å². The van der Waals surface area contributed by atoms with Gasteiger partial charge >= 0.3 is 39.5 Å². The standard InChI is InChI=1S/C82H160O17P2/c1-9-75(8)61-53-45-37-29-23-17-11-13-18-24-30-38-46-54-62-79(84)92-68-77(98-81(86)64-56-48-39-31-25-19-12-10-15-21-27-34-42-50-58-72(2)3)70-96-100(88,89)94-66-76(83)67-95-101(90,91)97-71-78(69-93-80(85)63-55-47-41-33-36-44-52-60-74(6)7)99-82(87)65-57-49-40-32-26-20-14-16-22-28-35-43-51-59-73(4)5/h72-78,83H,9-71H2,1-8H3,(H,88,89)(H,90,91)/t75?,76?,77-,78-/m1/s1. The number of unbranched alkanes of at least 4 members (excludes halogenated alkanes) is 44. The minimum Gasteiger partial charge on any atom is -0.462 e. The summed E-state index contributed by atoms with van der Waals surface area (Å²) >= 11 is 0. The summed E-state index contributed by atoms with van der Waals surface area (Å²) in [6.07, 6.45) is 58.2. The van der Waals surface area contributed by atoms with Gasteiger partial charge in [-0.2, -0.15) is 0 Å². The van der Waals surface area contributed by atoms with Crippen molar-refractivity contribution in [1.29, 1.82) is 0 Å². The summed E-state index contributed by atoms with van der Waals surface area (Å²) in [4.78, 5) is 73.1. The molecule has 0 saturated carbocycles. The van der Waals surface area contributed by atoms with Gasteiger partial charge < -0.3 is 33.8 Å². The van der Waals surface area contributed by atoms with Gasteiger partial charge in [-0.15, -0.1) is 0 Å². The highest BCUT2D eigenvalue weighted by atomic mass is 31.2. The van der Waals surface area contributed by atoms with E-state index in [0.717, 1.165) is 114 Å². The third-order valence-electron chi connectivity index (χ3n) is 19.4. The molecule has 0 rings (SSSR count). The Morgan fingerprint density at radius 2 is 0.475 bits per heavy atom. The molecule has 0 aromatic rings. The van der Waals surface area contributed by atoms with E-state index in [1.54, 1.807) is 0 Å². The lowest BCUT2D eigenvalue weighted by atomic mass is 9.99. The van der Waals surface area contributed by atoms with E-state index >= 15 is 0 Å². The molecule has 17 nitrogen and oxygen atoms in total. The molecule has 0 saturated heterocycles. The van der Waals surface area contributed by atoms with E-state index in [4.69, 9.17) is 37.0 Å². The normalized spacial score (nSPS) is 14.3. The van der Waals surface area contributed by atoms with Crippen molar-refractivity contribution in [3.05, 3.63) is 0 Å². The molecule has 0 heterocycles. The van der Waals surface area contributed by atoms with Gasteiger partial charge in [0.2, 0.25) is 0 Å². The summed E-state index contributed by atoms with van der Waals surface area (Å²) in [5.41, 5.74) is 0. The molecule has 0 aliphatic heterocycles. The van der Waals surface area contributed by atoms with Crippen molar-refractivity contribution in [2.45, 2.75) is 440 Å². The van der Waals surface area contributed by atoms with Crippen molar-refractivity contribution in [2.24, 2.45) is 23.7 Å². The summed E-state index contributed by atoms with van der Waals surface area (Å²) < 4.78 is 68.8. The Hall–Kier alpha value is -1.94. The minimum absolute atomic E-state index is 0.106. The molecule has 4 unspecified atom stereocenters. The van der Waals surface area contributed by atoms with Crippen molar-refractivity contribution >= 4 is 39.5 Å². The van der Waals surface area contributed by atoms with Gasteiger partial charge in [0.25, 0.3) is 0 Å². The lowest BCUT2D eigenvalue weighted by Crippen LogP contribution is -2.30. The molecule has 0 bridgehead atoms. The van der Waals surface area contributed by atoms with Crippen LogP contribution in [0.1, 0.15) is 421 Å². The lowest BCUT2D eigenvalue weighted by molar-refractivity contribution is -0.161. The fraction of sp³-hybridized carbons (Fsp3) is 0.951. The number of aliphatic hydroxyl groups is 1. The number of carbonyl (C=O) groups excluding carboxylic acids is 4. The summed E-state index contributed by atoms with van der Waals surface area (Å²) in [7, 11) is -9.92. The van der Waals surface area contributed by atoms with E-state index in [-0.39, 0.29) is 25.7 Å². The Bertz CT molecular complexity index is 1970. The zero-order valence-corrected chi connectivity index (χ0v) is 68.3. The van der Waals surface area contributed by atoms with E-state index in [1.165, 1.54) is 218 Å². The summed E-state index contributed by atoms with van der Waals surface area (Å²) in [6, 6.07) is 0. The average Bonchev–Trinajstić information content (AvgIpc) is 0.925. The molecule has 0 fully saturated rings. The van der Waals surface area contributed by atoms with E-state index in [9.17, 15) is 43.2 Å². The van der Waals surface area contributed by atoms with Crippen LogP contribution in [0, 0.1) is 23.7 Å². The number of hydrogen-bond acceptors (Lipinski definition) is 15. The number of ether oxygens (including phenoxy) is 4. The fourth-order valence-corrected chi connectivity index (χ4v) is 14.2. The summed E-state index contributed by atoms with van der Waals surface area (Å²) in [5.74, 6) is 1.02. The average molecular weight is 1480 g/mol. The van der Waals surface area contributed by atoms with Crippen LogP contribution in [0.4, 0.5) is 0 Å². The van der Waals surface area contributed by atoms with E-state index < -0.39 is 97.5 Å². The van der Waals surface area contributed by atoms with Gasteiger partial charge in [0.05, 0.1) is 26.4 Å². The first kappa shape index (κ1) is 99.1. The highest BCUT2D eigenvalue weighted by Gasteiger charge is 2.30. The van der Waals surface area contributed by atoms with Crippen molar-refractivity contribution in [2.75, 3.05) is 39.6 Å². The third kappa shape index (κ3) is 74.7. The Kier molecular flexibility index (Phi) is 69.6. The van der Waals surface area contributed by atoms with Gasteiger partial charge in [0.15, 0.2) is 12.2 Å². The van der Waals surface area contributed by atoms with Crippen molar-refractivity contribution in [3.8, 4) is 0 Å². The first-order valence-corrected chi connectivity index (χ1v) is 45.2. The molecule has 0 aromatic heterocycles. The quantitative estimate of drug-likeness (QED) is 0.0222. The molecule has 0 radical (unpaired) electrons. The molecule has 0 spiro atoms. The first-order chi connectivity index (χ1) is 48.6. The maximum Gasteiger partial charge on any atom is 0.472 e. The number of hydrogen-bond donors (Lipinski definition) is 3. The first-order valence-electron chi connectivity index (χ1n) is 42.2. The molecule has 6 atom stereocenters. The van der Waals surface area contributed by atoms with Gasteiger partial charge in [-0.05, 0) is 49.4 Å². The van der Waals surface area contributed by atoms with Crippen LogP contribution in [0.2, 0.25) is 0 Å². The van der Waals surface area contributed by atoms with E-state index in [0.29, 0.717) is 31.6 Å². The summed E-state index contributed by atoms with van der Waals surface area (Å²) in [6.45, 7) is 14.3. The maximum absolute atomic E-state index is 13.1. The van der Waals surface area contributed by atoms with Crippen LogP contribution in [-0.2, 0) is 65.4 Å². The van der Waals surface area contributed by atoms with Crippen LogP contribution in [-0.4, -0.2) is 96.7 Å². The molecular formula is C82H160O17P2. The Labute approximate surface area is 619 Å². The molecule has 0 amide bonds. The summed E-state index contributed by atoms with van der Waals surface area (Å²) in [5, 5.41) is 10.6. The van der Waals surface area contributed by atoms with Crippen LogP contribution >= 0.6 is 15.6 Å². The predicted molar refractivity (Wildman–Crippen MR) is 414 cm³/mol. The van der Waals surface area contributed by atoms with Crippen LogP contribution in [0.15, 0.2) is 0 Å². The third-order valence-corrected chi connectivity index (χ3v) is 21.3. The predicted octanol–water partition coefficient (Wildman–Crippen LogP) is 24.4. The maximum atomic E-state index is 13.1. The lowest BCUT2D eigenvalue weighted by Gasteiger charge is -2.21. The largest absolute Gasteiger partial charge is 0.472 e. The Morgan fingerprint density at radius 1 is 0.277 bits per heavy atom. The number of carbonyl (C=O) groups is 4. The van der Waals surface area contributed by atoms with Gasteiger partial charge in [0, 0.05) is 25.7 Å². The number of aliphatic hydroxyl groups excluding tert-OH is 1. The van der Waals surface area contributed by atoms with Crippen molar-refractivity contribution < 1.29 is 80.2 Å². The zero-order valence-electron chi connectivity index (χ0n) is 66.5. The second-order valence-electron chi connectivity index (χ2n) is 31.2. The zero-order chi connectivity index (χ0) is 74.6. The van der Waals surface area contributed by atoms with Gasteiger partial charge in [-0.25, -0.2) is 9.13 Å². The van der Waals surface area contributed by atoms with Crippen LogP contribution < -0.4 is 0 Å².